The molecule has 1 N–H and O–H groups in total. The minimum atomic E-state index is -0.599. The van der Waals surface area contributed by atoms with Gasteiger partial charge < -0.3 is 14.3 Å². The number of hydrogen-bond acceptors (Lipinski definition) is 6. The minimum Gasteiger partial charge on any atom is -0.506 e. The Kier molecular flexibility index (Phi) is 3.39. The van der Waals surface area contributed by atoms with Gasteiger partial charge >= 0.3 is 5.63 Å². The Balaban J connectivity index is 1.98. The Bertz CT molecular complexity index is 702. The summed E-state index contributed by atoms with van der Waals surface area (Å²) in [5, 5.41) is 16.6. The molecule has 0 bridgehead atoms. The maximum Gasteiger partial charge on any atom is 0.349 e. The normalized spacial score (nSPS) is 16.1. The molecule has 2 aromatic rings. The lowest BCUT2D eigenvalue weighted by Gasteiger charge is -2.23. The second kappa shape index (κ2) is 5.34. The summed E-state index contributed by atoms with van der Waals surface area (Å²) >= 11 is 0. The summed E-state index contributed by atoms with van der Waals surface area (Å²) in [5.41, 5.74) is -0.174. The number of hydrogen-bond donors (Lipinski definition) is 1. The van der Waals surface area contributed by atoms with Crippen LogP contribution in [0.15, 0.2) is 38.6 Å². The Labute approximate surface area is 114 Å². The Morgan fingerprint density at radius 2 is 2.00 bits per heavy atom. The van der Waals surface area contributed by atoms with Gasteiger partial charge in [0.25, 0.3) is 0 Å². The van der Waals surface area contributed by atoms with E-state index in [0.29, 0.717) is 37.3 Å². The molecule has 6 nitrogen and oxygen atoms in total. The van der Waals surface area contributed by atoms with Crippen LogP contribution >= 0.6 is 0 Å². The molecular formula is C14H14N2O4. The zero-order chi connectivity index (χ0) is 13.9. The first-order valence-electron chi connectivity index (χ1n) is 6.37. The molecule has 104 valence electrons. The highest BCUT2D eigenvalue weighted by Crippen LogP contribution is 2.24. The highest BCUT2D eigenvalue weighted by molar-refractivity contribution is 5.93. The third kappa shape index (κ3) is 2.37. The molecule has 0 amide bonds. The summed E-state index contributed by atoms with van der Waals surface area (Å²) < 4.78 is 10.4. The summed E-state index contributed by atoms with van der Waals surface area (Å²) in [6.45, 7) is 2.54. The molecule has 1 fully saturated rings. The molecule has 1 saturated heterocycles. The lowest BCUT2D eigenvalue weighted by Crippen LogP contribution is -2.32. The van der Waals surface area contributed by atoms with Crippen molar-refractivity contribution in [3.05, 3.63) is 40.2 Å². The van der Waals surface area contributed by atoms with E-state index in [1.165, 1.54) is 6.21 Å². The van der Waals surface area contributed by atoms with E-state index in [1.54, 1.807) is 29.3 Å². The van der Waals surface area contributed by atoms with Crippen LogP contribution in [0, 0.1) is 0 Å². The molecule has 20 heavy (non-hydrogen) atoms. The average Bonchev–Trinajstić information content (AvgIpc) is 2.48. The SMILES string of the molecule is O=c1oc2ccccc2c(O)c1C=NN1CCOCC1. The molecule has 0 spiro atoms. The van der Waals surface area contributed by atoms with E-state index in [1.807, 2.05) is 0 Å². The summed E-state index contributed by atoms with van der Waals surface area (Å²) in [5.74, 6) is -0.103. The molecule has 1 aliphatic heterocycles. The van der Waals surface area contributed by atoms with Gasteiger partial charge in [0.1, 0.15) is 16.9 Å². The Morgan fingerprint density at radius 3 is 2.80 bits per heavy atom. The third-order valence-electron chi connectivity index (χ3n) is 3.16. The molecule has 0 saturated carbocycles. The summed E-state index contributed by atoms with van der Waals surface area (Å²) in [7, 11) is 0. The predicted octanol–water partition coefficient (Wildman–Crippen LogP) is 1.16. The first-order chi connectivity index (χ1) is 9.75. The van der Waals surface area contributed by atoms with Crippen LogP contribution in [0.3, 0.4) is 0 Å². The lowest BCUT2D eigenvalue weighted by atomic mass is 10.1. The van der Waals surface area contributed by atoms with Gasteiger partial charge in [-0.3, -0.25) is 5.01 Å². The third-order valence-corrected chi connectivity index (χ3v) is 3.16. The van der Waals surface area contributed by atoms with Crippen LogP contribution in [-0.2, 0) is 4.74 Å². The molecule has 0 aliphatic carbocycles. The Morgan fingerprint density at radius 1 is 1.25 bits per heavy atom. The smallest absolute Gasteiger partial charge is 0.349 e. The van der Waals surface area contributed by atoms with Crippen LogP contribution in [-0.4, -0.2) is 42.6 Å². The number of aromatic hydroxyl groups is 1. The van der Waals surface area contributed by atoms with E-state index in [0.717, 1.165) is 0 Å². The molecule has 3 rings (SSSR count). The van der Waals surface area contributed by atoms with Crippen molar-refractivity contribution < 1.29 is 14.3 Å². The molecule has 0 unspecified atom stereocenters. The van der Waals surface area contributed by atoms with E-state index in [-0.39, 0.29) is 11.3 Å². The number of rotatable bonds is 2. The van der Waals surface area contributed by atoms with Gasteiger partial charge in [-0.25, -0.2) is 4.79 Å². The Hall–Kier alpha value is -2.34. The van der Waals surface area contributed by atoms with Crippen LogP contribution in [0.1, 0.15) is 5.56 Å². The van der Waals surface area contributed by atoms with Gasteiger partial charge in [-0.1, -0.05) is 12.1 Å². The van der Waals surface area contributed by atoms with E-state index in [9.17, 15) is 9.90 Å². The number of ether oxygens (including phenoxy) is 1. The van der Waals surface area contributed by atoms with Gasteiger partial charge in [-0.05, 0) is 12.1 Å². The van der Waals surface area contributed by atoms with Crippen LogP contribution in [0.25, 0.3) is 11.0 Å². The highest BCUT2D eigenvalue weighted by Gasteiger charge is 2.13. The molecule has 0 atom stereocenters. The minimum absolute atomic E-state index is 0.0650. The van der Waals surface area contributed by atoms with Gasteiger partial charge in [0.05, 0.1) is 37.9 Å². The summed E-state index contributed by atoms with van der Waals surface area (Å²) in [6.07, 6.45) is 1.35. The fourth-order valence-corrected chi connectivity index (χ4v) is 2.07. The number of fused-ring (bicyclic) bond motifs is 1. The number of hydrazone groups is 1. The largest absolute Gasteiger partial charge is 0.506 e. The summed E-state index contributed by atoms with van der Waals surface area (Å²) in [4.78, 5) is 11.9. The zero-order valence-electron chi connectivity index (χ0n) is 10.8. The fourth-order valence-electron chi connectivity index (χ4n) is 2.07. The molecule has 1 aromatic heterocycles. The van der Waals surface area contributed by atoms with E-state index < -0.39 is 5.63 Å². The first kappa shape index (κ1) is 12.7. The van der Waals surface area contributed by atoms with E-state index >= 15 is 0 Å². The van der Waals surface area contributed by atoms with Gasteiger partial charge in [0, 0.05) is 0 Å². The van der Waals surface area contributed by atoms with Crippen molar-refractivity contribution in [1.82, 2.24) is 5.01 Å². The van der Waals surface area contributed by atoms with Gasteiger partial charge in [-0.15, -0.1) is 0 Å². The van der Waals surface area contributed by atoms with Gasteiger partial charge in [-0.2, -0.15) is 5.10 Å². The van der Waals surface area contributed by atoms with Crippen molar-refractivity contribution in [2.75, 3.05) is 26.3 Å². The number of morpholine rings is 1. The van der Waals surface area contributed by atoms with Crippen molar-refractivity contribution in [2.24, 2.45) is 5.10 Å². The standard InChI is InChI=1S/C14H14N2O4/c17-13-10-3-1-2-4-12(10)20-14(18)11(13)9-15-16-5-7-19-8-6-16/h1-4,9,17H,5-8H2. The van der Waals surface area contributed by atoms with Crippen molar-refractivity contribution in [3.8, 4) is 5.75 Å². The average molecular weight is 274 g/mol. The second-order valence-electron chi connectivity index (χ2n) is 4.46. The molecule has 1 aliphatic rings. The quantitative estimate of drug-likeness (QED) is 0.657. The van der Waals surface area contributed by atoms with Crippen LogP contribution in [0.4, 0.5) is 0 Å². The second-order valence-corrected chi connectivity index (χ2v) is 4.46. The monoisotopic (exact) mass is 274 g/mol. The molecule has 1 aromatic carbocycles. The number of benzene rings is 1. The van der Waals surface area contributed by atoms with Crippen LogP contribution in [0.5, 0.6) is 5.75 Å². The molecule has 0 radical (unpaired) electrons. The topological polar surface area (TPSA) is 75.3 Å². The van der Waals surface area contributed by atoms with Crippen molar-refractivity contribution in [3.63, 3.8) is 0 Å². The zero-order valence-corrected chi connectivity index (χ0v) is 10.8. The van der Waals surface area contributed by atoms with Crippen molar-refractivity contribution in [1.29, 1.82) is 0 Å². The van der Waals surface area contributed by atoms with Crippen LogP contribution in [0.2, 0.25) is 0 Å². The number of nitrogens with zero attached hydrogens (tertiary/aromatic N) is 2. The predicted molar refractivity (Wildman–Crippen MR) is 74.1 cm³/mol. The van der Waals surface area contributed by atoms with E-state index in [4.69, 9.17) is 9.15 Å². The summed E-state index contributed by atoms with van der Waals surface area (Å²) in [6, 6.07) is 6.84. The maximum absolute atomic E-state index is 11.9. The molecular weight excluding hydrogens is 260 g/mol. The van der Waals surface area contributed by atoms with Gasteiger partial charge in [0.15, 0.2) is 0 Å². The maximum atomic E-state index is 11.9. The fraction of sp³-hybridized carbons (Fsp3) is 0.286. The van der Waals surface area contributed by atoms with E-state index in [2.05, 4.69) is 5.10 Å². The number of para-hydroxylation sites is 1. The lowest BCUT2D eigenvalue weighted by molar-refractivity contribution is 0.0396. The molecule has 2 heterocycles. The highest BCUT2D eigenvalue weighted by atomic mass is 16.5. The first-order valence-corrected chi connectivity index (χ1v) is 6.37. The van der Waals surface area contributed by atoms with Crippen molar-refractivity contribution >= 4 is 17.2 Å². The van der Waals surface area contributed by atoms with Crippen molar-refractivity contribution in [2.45, 2.75) is 0 Å². The van der Waals surface area contributed by atoms with Crippen LogP contribution < -0.4 is 5.63 Å². The van der Waals surface area contributed by atoms with Gasteiger partial charge in [0.2, 0.25) is 0 Å². The molecule has 6 heteroatoms.